The molecule has 0 aromatic heterocycles. The third kappa shape index (κ3) is 34.4. The maximum Gasteiger partial charge on any atom is 0.243 e. The lowest BCUT2D eigenvalue weighted by Crippen LogP contribution is -2.66. The Morgan fingerprint density at radius 2 is 1.07 bits per heavy atom. The molecule has 100 heavy (non-hydrogen) atoms. The third-order valence-electron chi connectivity index (χ3n) is 16.7. The molecule has 3 heterocycles. The third-order valence-corrected chi connectivity index (χ3v) is 17.5. The second kappa shape index (κ2) is 47.8. The average Bonchev–Trinajstić information content (AvgIpc) is 0.837. The van der Waals surface area contributed by atoms with Gasteiger partial charge in [0.05, 0.1) is 67.4 Å². The summed E-state index contributed by atoms with van der Waals surface area (Å²) in [5.74, 6) is -3.59. The Balaban J connectivity index is 0.926. The molecule has 8 amide bonds. The Morgan fingerprint density at radius 3 is 1.65 bits per heavy atom. The van der Waals surface area contributed by atoms with E-state index in [0.29, 0.717) is 86.4 Å². The van der Waals surface area contributed by atoms with Crippen LogP contribution >= 0.6 is 22.6 Å². The molecule has 4 atom stereocenters. The van der Waals surface area contributed by atoms with Crippen molar-refractivity contribution in [2.24, 2.45) is 21.9 Å². The van der Waals surface area contributed by atoms with Crippen LogP contribution in [0.25, 0.3) is 10.8 Å². The van der Waals surface area contributed by atoms with Crippen LogP contribution in [0.1, 0.15) is 75.8 Å². The number of carbonyl (C=O) groups excluding carboxylic acids is 9. The van der Waals surface area contributed by atoms with Gasteiger partial charge < -0.3 is 115 Å². The van der Waals surface area contributed by atoms with E-state index in [-0.39, 0.29) is 131 Å². The number of phenols is 1. The van der Waals surface area contributed by atoms with E-state index < -0.39 is 59.9 Å². The number of benzene rings is 3. The standard InChI is InChI=1S/C68H109IN18O13/c1-67-42-73-22-25-76-45-68(46-77-26-23-74-43-67,47-78-27-24-75-44-67)87-61(93)13-5-12-58(90)80-28-30-98-32-34-100-35-33-99-31-29-81-60(92)19-18-59(91)79-20-6-10-54(72-2)64(96)85-55(11-7-21-82-66(70)71)65(97)86-56(39-48-14-16-50-8-3-4-9-51(50)36-48)63(95)83-40-62(94)84-52(41-88)37-49-15-17-57(89)53(69)38-49/h3-4,8-9,14-17,36,38,41,52,54-56,72-78,89H,5-7,10-13,18-35,37,39-40,42-47H2,1-2H3,(H,79,91)(H,80,90)(H,81,92)(H,83,95)(H,84,94)(H,85,96)(H,86,97)(H,87,93)(H4,70,71,82)/t52-,54-,55+,56+,67?,68?/m1/s1. The van der Waals surface area contributed by atoms with E-state index in [1.807, 2.05) is 65.1 Å². The predicted molar refractivity (Wildman–Crippen MR) is 390 cm³/mol. The molecule has 0 aliphatic carbocycles. The van der Waals surface area contributed by atoms with Crippen LogP contribution in [-0.2, 0) is 70.2 Å². The molecule has 0 unspecified atom stereocenters. The summed E-state index contributed by atoms with van der Waals surface area (Å²) in [4.78, 5) is 122. The summed E-state index contributed by atoms with van der Waals surface area (Å²) in [6.07, 6.45) is 2.39. The first-order chi connectivity index (χ1) is 48.3. The Kier molecular flexibility index (Phi) is 39.9. The van der Waals surface area contributed by atoms with Crippen LogP contribution in [0.3, 0.4) is 0 Å². The number of halogens is 1. The molecule has 3 fully saturated rings. The van der Waals surface area contributed by atoms with Gasteiger partial charge >= 0.3 is 0 Å². The molecule has 6 rings (SSSR count). The summed E-state index contributed by atoms with van der Waals surface area (Å²) in [7, 11) is 1.58. The van der Waals surface area contributed by atoms with Crippen LogP contribution < -0.4 is 91.2 Å². The number of aliphatic imine (C=N–C) groups is 1. The highest BCUT2D eigenvalue weighted by Gasteiger charge is 2.33. The minimum atomic E-state index is -1.23. The van der Waals surface area contributed by atoms with Crippen molar-refractivity contribution in [1.82, 2.24) is 79.8 Å². The molecule has 3 aromatic carbocycles. The number of nitrogens with zero attached hydrogens (tertiary/aromatic N) is 1. The molecule has 31 nitrogen and oxygen atoms in total. The van der Waals surface area contributed by atoms with E-state index in [9.17, 15) is 48.3 Å². The number of ether oxygens (including phenoxy) is 3. The van der Waals surface area contributed by atoms with E-state index in [0.717, 1.165) is 69.7 Å². The summed E-state index contributed by atoms with van der Waals surface area (Å²) in [5.41, 5.74) is 12.0. The number of rotatable bonds is 42. The van der Waals surface area contributed by atoms with Crippen molar-refractivity contribution in [2.45, 2.75) is 107 Å². The molecule has 3 aliphatic rings. The lowest BCUT2D eigenvalue weighted by molar-refractivity contribution is -0.133. The molecular formula is C68H109IN18O13. The zero-order valence-corrected chi connectivity index (χ0v) is 60.2. The quantitative estimate of drug-likeness (QED) is 0.00878. The van der Waals surface area contributed by atoms with E-state index in [1.165, 1.54) is 6.07 Å². The zero-order valence-electron chi connectivity index (χ0n) is 58.0. The molecule has 556 valence electrons. The van der Waals surface area contributed by atoms with Gasteiger partial charge in [-0.05, 0) is 102 Å². The van der Waals surface area contributed by atoms with E-state index in [2.05, 4.69) is 91.7 Å². The topological polar surface area (TPSA) is 446 Å². The number of nitrogens with two attached hydrogens (primary N) is 2. The van der Waals surface area contributed by atoms with Gasteiger partial charge in [0, 0.05) is 142 Å². The smallest absolute Gasteiger partial charge is 0.243 e. The number of fused-ring (bicyclic) bond motifs is 16. The molecule has 0 radical (unpaired) electrons. The van der Waals surface area contributed by atoms with Crippen LogP contribution in [-0.4, -0.2) is 252 Å². The maximum atomic E-state index is 14.3. The van der Waals surface area contributed by atoms with Gasteiger partial charge in [0.2, 0.25) is 47.3 Å². The van der Waals surface area contributed by atoms with Gasteiger partial charge in [-0.2, -0.15) is 0 Å². The van der Waals surface area contributed by atoms with Crippen molar-refractivity contribution in [2.75, 3.05) is 158 Å². The molecule has 2 bridgehead atoms. The highest BCUT2D eigenvalue weighted by atomic mass is 127. The summed E-state index contributed by atoms with van der Waals surface area (Å²) >= 11 is 1.96. The first-order valence-corrected chi connectivity index (χ1v) is 35.8. The fourth-order valence-corrected chi connectivity index (χ4v) is 11.8. The first-order valence-electron chi connectivity index (χ1n) is 34.7. The maximum absolute atomic E-state index is 14.3. The van der Waals surface area contributed by atoms with Crippen LogP contribution in [0.5, 0.6) is 5.75 Å². The SMILES string of the molecule is CN[C@H](CCCNC(=O)CCC(=O)NCCOCCOCCOCCNC(=O)CCCC(=O)NC12CNCCNCC(C)(CNCCNC1)CNCCNC2)C(=O)N[C@@H](CCCN=C(N)N)C(=O)N[C@@H](Cc1ccc2ccccc2c1)C(=O)NCC(=O)N[C@@H](C=O)Cc1ccc(O)c(I)c1. The van der Waals surface area contributed by atoms with Crippen LogP contribution in [0, 0.1) is 8.99 Å². The Morgan fingerprint density at radius 1 is 0.560 bits per heavy atom. The van der Waals surface area contributed by atoms with Crippen molar-refractivity contribution in [1.29, 1.82) is 0 Å². The van der Waals surface area contributed by atoms with E-state index in [1.54, 1.807) is 19.2 Å². The summed E-state index contributed by atoms with van der Waals surface area (Å²) in [5, 5.41) is 58.6. The highest BCUT2D eigenvalue weighted by Crippen LogP contribution is 2.22. The van der Waals surface area contributed by atoms with Gasteiger partial charge in [0.15, 0.2) is 5.96 Å². The minimum absolute atomic E-state index is 0.00434. The monoisotopic (exact) mass is 1510 g/mol. The molecule has 0 spiro atoms. The lowest BCUT2D eigenvalue weighted by Gasteiger charge is -2.37. The van der Waals surface area contributed by atoms with Gasteiger partial charge in [-0.3, -0.25) is 43.3 Å². The number of carbonyl (C=O) groups is 9. The number of aldehydes is 1. The normalized spacial score (nSPS) is 18.1. The second-order valence-electron chi connectivity index (χ2n) is 25.4. The van der Waals surface area contributed by atoms with E-state index >= 15 is 0 Å². The molecule has 3 aromatic rings. The highest BCUT2D eigenvalue weighted by molar-refractivity contribution is 14.1. The summed E-state index contributed by atoms with van der Waals surface area (Å²) in [6.45, 7) is 13.6. The Hall–Kier alpha value is -7.25. The van der Waals surface area contributed by atoms with Gasteiger partial charge in [0.25, 0.3) is 0 Å². The lowest BCUT2D eigenvalue weighted by atomic mass is 9.90. The largest absolute Gasteiger partial charge is 0.507 e. The van der Waals surface area contributed by atoms with Crippen LogP contribution in [0.15, 0.2) is 65.7 Å². The Labute approximate surface area is 600 Å². The molecule has 32 heteroatoms. The van der Waals surface area contributed by atoms with Crippen molar-refractivity contribution >= 4 is 92.9 Å². The van der Waals surface area contributed by atoms with Crippen molar-refractivity contribution in [3.05, 3.63) is 75.4 Å². The number of hydrogen-bond acceptors (Lipinski definition) is 21. The number of amides is 8. The number of likely N-dealkylation sites (N-methyl/N-ethyl adjacent to an activating group) is 1. The molecule has 3 saturated heterocycles. The zero-order chi connectivity index (χ0) is 72.2. The minimum Gasteiger partial charge on any atom is -0.507 e. The van der Waals surface area contributed by atoms with Crippen LogP contribution in [0.2, 0.25) is 0 Å². The number of hydrogen-bond donors (Lipinski definition) is 18. The molecular weight excluding hydrogens is 1400 g/mol. The number of nitrogens with one attached hydrogen (secondary N) is 15. The molecule has 3 aliphatic heterocycles. The number of aromatic hydroxyl groups is 1. The second-order valence-corrected chi connectivity index (χ2v) is 26.6. The van der Waals surface area contributed by atoms with Gasteiger partial charge in [-0.1, -0.05) is 55.5 Å². The summed E-state index contributed by atoms with van der Waals surface area (Å²) < 4.78 is 17.3. The molecule has 20 N–H and O–H groups in total. The van der Waals surface area contributed by atoms with E-state index in [4.69, 9.17) is 25.7 Å². The molecule has 0 saturated carbocycles. The summed E-state index contributed by atoms with van der Waals surface area (Å²) in [6, 6.07) is 13.9. The number of guanidine groups is 1. The predicted octanol–water partition coefficient (Wildman–Crippen LogP) is -3.10. The van der Waals surface area contributed by atoms with Crippen molar-refractivity contribution in [3.8, 4) is 5.75 Å². The van der Waals surface area contributed by atoms with Crippen molar-refractivity contribution < 1.29 is 62.5 Å². The van der Waals surface area contributed by atoms with Gasteiger partial charge in [-0.15, -0.1) is 0 Å². The average molecular weight is 1510 g/mol. The van der Waals surface area contributed by atoms with Crippen LogP contribution in [0.4, 0.5) is 0 Å². The first kappa shape index (κ1) is 83.4. The fourth-order valence-electron chi connectivity index (χ4n) is 11.2. The number of phenolic OH excluding ortho intramolecular Hbond substituents is 1. The van der Waals surface area contributed by atoms with Gasteiger partial charge in [-0.25, -0.2) is 0 Å². The fraction of sp³-hybridized carbons (Fsp3) is 0.618. The van der Waals surface area contributed by atoms with Gasteiger partial charge in [0.1, 0.15) is 24.1 Å². The Bertz CT molecular complexity index is 3010. The van der Waals surface area contributed by atoms with Crippen molar-refractivity contribution in [3.63, 3.8) is 0 Å².